The maximum atomic E-state index is 14.1. The molecule has 1 aromatic heterocycles. The van der Waals surface area contributed by atoms with Gasteiger partial charge < -0.3 is 14.6 Å². The Morgan fingerprint density at radius 3 is 3.00 bits per heavy atom. The highest BCUT2D eigenvalue weighted by Crippen LogP contribution is 2.26. The smallest absolute Gasteiger partial charge is 0.321 e. The minimum atomic E-state index is -1.31. The molecular formula is C17H20FN3O2. The van der Waals surface area contributed by atoms with Crippen molar-refractivity contribution in [3.05, 3.63) is 36.2 Å². The first-order chi connectivity index (χ1) is 10.9. The molecule has 2 aromatic rings. The molecule has 23 heavy (non-hydrogen) atoms. The summed E-state index contributed by atoms with van der Waals surface area (Å²) in [5.74, 6) is 1.23. The molecule has 0 spiro atoms. The van der Waals surface area contributed by atoms with E-state index >= 15 is 0 Å². The second-order valence-corrected chi connectivity index (χ2v) is 6.23. The summed E-state index contributed by atoms with van der Waals surface area (Å²) in [7, 11) is 0. The highest BCUT2D eigenvalue weighted by Gasteiger charge is 2.32. The number of likely N-dealkylation sites (tertiary alicyclic amines) is 1. The van der Waals surface area contributed by atoms with Gasteiger partial charge in [0.15, 0.2) is 0 Å². The Bertz CT molecular complexity index is 711. The van der Waals surface area contributed by atoms with Gasteiger partial charge in [-0.3, -0.25) is 0 Å². The molecule has 6 heteroatoms. The number of halogens is 1. The van der Waals surface area contributed by atoms with Gasteiger partial charge in [0, 0.05) is 17.8 Å². The first-order valence-electron chi connectivity index (χ1n) is 7.71. The van der Waals surface area contributed by atoms with E-state index in [2.05, 4.69) is 10.3 Å². The molecule has 0 saturated carbocycles. The van der Waals surface area contributed by atoms with E-state index in [0.29, 0.717) is 31.0 Å². The summed E-state index contributed by atoms with van der Waals surface area (Å²) in [5, 5.41) is 2.82. The summed E-state index contributed by atoms with van der Waals surface area (Å²) in [6.07, 6.45) is 2.82. The molecule has 122 valence electrons. The Balaban J connectivity index is 1.71. The number of hydrogen-bond donors (Lipinski definition) is 1. The van der Waals surface area contributed by atoms with Crippen molar-refractivity contribution in [3.8, 4) is 11.5 Å². The van der Waals surface area contributed by atoms with Crippen molar-refractivity contribution in [2.24, 2.45) is 0 Å². The van der Waals surface area contributed by atoms with Crippen LogP contribution >= 0.6 is 0 Å². The van der Waals surface area contributed by atoms with E-state index in [1.807, 2.05) is 19.1 Å². The van der Waals surface area contributed by atoms with Crippen LogP contribution in [0.15, 0.2) is 34.9 Å². The highest BCUT2D eigenvalue weighted by molar-refractivity contribution is 5.90. The van der Waals surface area contributed by atoms with Gasteiger partial charge in [-0.25, -0.2) is 14.2 Å². The monoisotopic (exact) mass is 317 g/mol. The van der Waals surface area contributed by atoms with Crippen molar-refractivity contribution in [1.29, 1.82) is 0 Å². The Hall–Kier alpha value is -2.37. The van der Waals surface area contributed by atoms with E-state index in [0.717, 1.165) is 11.3 Å². The summed E-state index contributed by atoms with van der Waals surface area (Å²) in [5.41, 5.74) is 0.104. The quantitative estimate of drug-likeness (QED) is 0.910. The molecule has 5 nitrogen and oxygen atoms in total. The molecule has 0 radical (unpaired) electrons. The van der Waals surface area contributed by atoms with Crippen LogP contribution in [-0.4, -0.2) is 34.7 Å². The van der Waals surface area contributed by atoms with Crippen LogP contribution in [-0.2, 0) is 0 Å². The molecule has 2 heterocycles. The number of anilines is 1. The predicted octanol–water partition coefficient (Wildman–Crippen LogP) is 4.01. The molecular weight excluding hydrogens is 297 g/mol. The summed E-state index contributed by atoms with van der Waals surface area (Å²) >= 11 is 0. The normalized spacial score (nSPS) is 21.3. The van der Waals surface area contributed by atoms with Gasteiger partial charge in [0.25, 0.3) is 0 Å². The zero-order chi connectivity index (χ0) is 16.4. The average Bonchev–Trinajstić information content (AvgIpc) is 2.93. The number of alkyl halides is 1. The number of aromatic nitrogens is 1. The minimum absolute atomic E-state index is 0.122. The zero-order valence-electron chi connectivity index (χ0n) is 13.3. The number of carbonyl (C=O) groups is 1. The Morgan fingerprint density at radius 1 is 1.48 bits per heavy atom. The second kappa shape index (κ2) is 6.02. The van der Waals surface area contributed by atoms with Crippen LogP contribution in [0.1, 0.15) is 25.5 Å². The molecule has 2 amide bonds. The van der Waals surface area contributed by atoms with E-state index in [1.165, 1.54) is 11.8 Å². The first kappa shape index (κ1) is 15.5. The summed E-state index contributed by atoms with van der Waals surface area (Å²) in [6.45, 7) is 4.06. The number of rotatable bonds is 2. The zero-order valence-corrected chi connectivity index (χ0v) is 13.3. The topological polar surface area (TPSA) is 58.4 Å². The number of nitrogens with one attached hydrogen (secondary N) is 1. The molecule has 0 bridgehead atoms. The van der Waals surface area contributed by atoms with Crippen molar-refractivity contribution in [2.75, 3.05) is 18.4 Å². The third-order valence-electron chi connectivity index (χ3n) is 3.92. The van der Waals surface area contributed by atoms with Crippen molar-refractivity contribution in [2.45, 2.75) is 32.4 Å². The highest BCUT2D eigenvalue weighted by atomic mass is 19.1. The second-order valence-electron chi connectivity index (χ2n) is 6.23. The van der Waals surface area contributed by atoms with Gasteiger partial charge in [-0.2, -0.15) is 0 Å². The molecule has 1 atom stereocenters. The van der Waals surface area contributed by atoms with Gasteiger partial charge in [0.2, 0.25) is 5.89 Å². The number of carbonyl (C=O) groups excluding carboxylic acids is 1. The summed E-state index contributed by atoms with van der Waals surface area (Å²) in [4.78, 5) is 18.0. The van der Waals surface area contributed by atoms with Gasteiger partial charge in [-0.1, -0.05) is 6.07 Å². The number of hydrogen-bond acceptors (Lipinski definition) is 3. The average molecular weight is 317 g/mol. The lowest BCUT2D eigenvalue weighted by atomic mass is 9.97. The van der Waals surface area contributed by atoms with Crippen LogP contribution in [0.5, 0.6) is 0 Å². The van der Waals surface area contributed by atoms with Gasteiger partial charge in [-0.05, 0) is 44.9 Å². The molecule has 1 N–H and O–H groups in total. The molecule has 3 rings (SSSR count). The number of aryl methyl sites for hydroxylation is 1. The predicted molar refractivity (Wildman–Crippen MR) is 86.0 cm³/mol. The molecule has 1 aliphatic rings. The van der Waals surface area contributed by atoms with Crippen LogP contribution in [0.4, 0.5) is 14.9 Å². The van der Waals surface area contributed by atoms with Crippen LogP contribution in [0, 0.1) is 6.92 Å². The van der Waals surface area contributed by atoms with Gasteiger partial charge >= 0.3 is 6.03 Å². The van der Waals surface area contributed by atoms with E-state index in [-0.39, 0.29) is 12.6 Å². The van der Waals surface area contributed by atoms with Crippen molar-refractivity contribution < 1.29 is 13.6 Å². The van der Waals surface area contributed by atoms with Crippen molar-refractivity contribution in [3.63, 3.8) is 0 Å². The fraction of sp³-hybridized carbons (Fsp3) is 0.412. The fourth-order valence-corrected chi connectivity index (χ4v) is 2.79. The molecule has 0 aliphatic carbocycles. The molecule has 1 fully saturated rings. The molecule has 0 unspecified atom stereocenters. The van der Waals surface area contributed by atoms with Crippen LogP contribution in [0.2, 0.25) is 0 Å². The van der Waals surface area contributed by atoms with Crippen LogP contribution in [0.3, 0.4) is 0 Å². The van der Waals surface area contributed by atoms with E-state index in [4.69, 9.17) is 4.42 Å². The number of piperidine rings is 1. The molecule has 1 aliphatic heterocycles. The number of nitrogens with zero attached hydrogens (tertiary/aromatic N) is 2. The Labute approximate surface area is 134 Å². The minimum Gasteiger partial charge on any atom is -0.441 e. The summed E-state index contributed by atoms with van der Waals surface area (Å²) in [6, 6.07) is 6.98. The standard InChI is InChI=1S/C17H20FN3O2/c1-12-10-19-15(23-12)13-5-3-6-14(9-13)20-16(22)21-8-4-7-17(2,18)11-21/h3,5-6,9-10H,4,7-8,11H2,1-2H3,(H,20,22)/t17-/m0/s1. The van der Waals surface area contributed by atoms with E-state index in [9.17, 15) is 9.18 Å². The molecule has 1 saturated heterocycles. The Kier molecular flexibility index (Phi) is 4.07. The lowest BCUT2D eigenvalue weighted by molar-refractivity contribution is 0.0808. The number of amides is 2. The number of benzene rings is 1. The van der Waals surface area contributed by atoms with E-state index < -0.39 is 5.67 Å². The number of oxazole rings is 1. The lowest BCUT2D eigenvalue weighted by Gasteiger charge is -2.35. The molecule has 1 aromatic carbocycles. The van der Waals surface area contributed by atoms with E-state index in [1.54, 1.807) is 18.3 Å². The fourth-order valence-electron chi connectivity index (χ4n) is 2.79. The van der Waals surface area contributed by atoms with Gasteiger partial charge in [-0.15, -0.1) is 0 Å². The maximum absolute atomic E-state index is 14.1. The first-order valence-corrected chi connectivity index (χ1v) is 7.71. The van der Waals surface area contributed by atoms with Crippen LogP contribution < -0.4 is 5.32 Å². The number of urea groups is 1. The van der Waals surface area contributed by atoms with Gasteiger partial charge in [0.05, 0.1) is 12.7 Å². The SMILES string of the molecule is Cc1cnc(-c2cccc(NC(=O)N3CCC[C@](C)(F)C3)c2)o1. The van der Waals surface area contributed by atoms with Crippen molar-refractivity contribution >= 4 is 11.7 Å². The summed E-state index contributed by atoms with van der Waals surface area (Å²) < 4.78 is 19.6. The van der Waals surface area contributed by atoms with Crippen molar-refractivity contribution in [1.82, 2.24) is 9.88 Å². The maximum Gasteiger partial charge on any atom is 0.321 e. The lowest BCUT2D eigenvalue weighted by Crippen LogP contribution is -2.47. The largest absolute Gasteiger partial charge is 0.441 e. The van der Waals surface area contributed by atoms with Gasteiger partial charge in [0.1, 0.15) is 11.4 Å². The Morgan fingerprint density at radius 2 is 2.30 bits per heavy atom. The third kappa shape index (κ3) is 3.70. The third-order valence-corrected chi connectivity index (χ3v) is 3.92. The van der Waals surface area contributed by atoms with Crippen LogP contribution in [0.25, 0.3) is 11.5 Å².